The van der Waals surface area contributed by atoms with Crippen molar-refractivity contribution in [1.82, 2.24) is 24.8 Å². The minimum atomic E-state index is 0.284. The predicted octanol–water partition coefficient (Wildman–Crippen LogP) is 3.22. The number of amides is 1. The number of likely N-dealkylation sites (tertiary alicyclic amines) is 1. The number of aromatic nitrogens is 3. The summed E-state index contributed by atoms with van der Waals surface area (Å²) >= 11 is 0. The van der Waals surface area contributed by atoms with E-state index in [0.717, 1.165) is 74.4 Å². The van der Waals surface area contributed by atoms with E-state index in [1.807, 2.05) is 30.3 Å². The predicted molar refractivity (Wildman–Crippen MR) is 126 cm³/mol. The second-order valence-electron chi connectivity index (χ2n) is 8.69. The van der Waals surface area contributed by atoms with E-state index in [1.165, 1.54) is 12.8 Å². The van der Waals surface area contributed by atoms with Crippen LogP contribution in [0.5, 0.6) is 0 Å². The summed E-state index contributed by atoms with van der Waals surface area (Å²) in [6.45, 7) is 5.78. The van der Waals surface area contributed by atoms with Gasteiger partial charge in [0.15, 0.2) is 5.82 Å². The number of carbonyl (C=O) groups is 1. The molecule has 0 N–H and O–H groups in total. The number of pyridine rings is 1. The molecule has 5 rings (SSSR count). The summed E-state index contributed by atoms with van der Waals surface area (Å²) in [6.07, 6.45) is 8.34. The van der Waals surface area contributed by atoms with Gasteiger partial charge in [0.1, 0.15) is 5.82 Å². The summed E-state index contributed by atoms with van der Waals surface area (Å²) in [5.41, 5.74) is 1.86. The lowest BCUT2D eigenvalue weighted by atomic mass is 10.2. The van der Waals surface area contributed by atoms with Crippen molar-refractivity contribution in [2.24, 2.45) is 0 Å². The third-order valence-corrected chi connectivity index (χ3v) is 6.49. The first-order valence-electron chi connectivity index (χ1n) is 11.7. The SMILES string of the molecule is O=C(CN1CCN(c2nc(-c3cccnc3)nc3ccccc23)CC1)N1CCCCCC1. The van der Waals surface area contributed by atoms with Crippen LogP contribution in [-0.4, -0.2) is 76.5 Å². The molecule has 0 unspecified atom stereocenters. The minimum absolute atomic E-state index is 0.284. The van der Waals surface area contributed by atoms with Gasteiger partial charge in [-0.15, -0.1) is 0 Å². The lowest BCUT2D eigenvalue weighted by molar-refractivity contribution is -0.132. The van der Waals surface area contributed by atoms with Crippen LogP contribution in [0, 0.1) is 0 Å². The molecule has 2 aromatic heterocycles. The van der Waals surface area contributed by atoms with Gasteiger partial charge < -0.3 is 9.80 Å². The van der Waals surface area contributed by atoms with Gasteiger partial charge in [0.25, 0.3) is 0 Å². The Bertz CT molecular complexity index is 1060. The molecule has 2 fully saturated rings. The number of rotatable bonds is 4. The molecular formula is C25H30N6O. The number of carbonyl (C=O) groups excluding carboxylic acids is 1. The van der Waals surface area contributed by atoms with E-state index in [9.17, 15) is 4.79 Å². The third-order valence-electron chi connectivity index (χ3n) is 6.49. The molecule has 7 heteroatoms. The molecule has 0 bridgehead atoms. The zero-order valence-corrected chi connectivity index (χ0v) is 18.5. The van der Waals surface area contributed by atoms with E-state index in [-0.39, 0.29) is 5.91 Å². The van der Waals surface area contributed by atoms with Crippen LogP contribution in [0.15, 0.2) is 48.8 Å². The Morgan fingerprint density at radius 3 is 2.38 bits per heavy atom. The summed E-state index contributed by atoms with van der Waals surface area (Å²) in [6, 6.07) is 12.1. The van der Waals surface area contributed by atoms with E-state index in [0.29, 0.717) is 12.4 Å². The molecule has 1 aromatic carbocycles. The quantitative estimate of drug-likeness (QED) is 0.633. The Kier molecular flexibility index (Phi) is 6.25. The normalized spacial score (nSPS) is 18.0. The standard InChI is InChI=1S/C25H30N6O/c32-23(30-12-5-1-2-6-13-30)19-29-14-16-31(17-15-29)25-21-9-3-4-10-22(21)27-24(28-25)20-8-7-11-26-18-20/h3-4,7-11,18H,1-2,5-6,12-17,19H2. The number of hydrogen-bond donors (Lipinski definition) is 0. The van der Waals surface area contributed by atoms with Crippen LogP contribution in [0.25, 0.3) is 22.3 Å². The van der Waals surface area contributed by atoms with Crippen LogP contribution in [-0.2, 0) is 4.79 Å². The summed E-state index contributed by atoms with van der Waals surface area (Å²) in [5, 5.41) is 1.06. The van der Waals surface area contributed by atoms with Gasteiger partial charge >= 0.3 is 0 Å². The smallest absolute Gasteiger partial charge is 0.236 e. The van der Waals surface area contributed by atoms with Crippen molar-refractivity contribution in [3.8, 4) is 11.4 Å². The van der Waals surface area contributed by atoms with E-state index in [2.05, 4.69) is 25.8 Å². The van der Waals surface area contributed by atoms with Gasteiger partial charge in [0.2, 0.25) is 5.91 Å². The van der Waals surface area contributed by atoms with Crippen molar-refractivity contribution in [1.29, 1.82) is 0 Å². The Morgan fingerprint density at radius 2 is 1.62 bits per heavy atom. The largest absolute Gasteiger partial charge is 0.353 e. The number of piperazine rings is 1. The zero-order chi connectivity index (χ0) is 21.8. The fraction of sp³-hybridized carbons (Fsp3) is 0.440. The lowest BCUT2D eigenvalue weighted by Gasteiger charge is -2.36. The monoisotopic (exact) mass is 430 g/mol. The van der Waals surface area contributed by atoms with Crippen LogP contribution in [0.2, 0.25) is 0 Å². The van der Waals surface area contributed by atoms with Crippen LogP contribution in [0.1, 0.15) is 25.7 Å². The molecule has 1 amide bonds. The molecule has 0 radical (unpaired) electrons. The maximum Gasteiger partial charge on any atom is 0.236 e. The van der Waals surface area contributed by atoms with Crippen molar-refractivity contribution >= 4 is 22.6 Å². The van der Waals surface area contributed by atoms with Gasteiger partial charge in [0.05, 0.1) is 12.1 Å². The van der Waals surface area contributed by atoms with Crippen molar-refractivity contribution in [2.75, 3.05) is 50.7 Å². The zero-order valence-electron chi connectivity index (χ0n) is 18.5. The van der Waals surface area contributed by atoms with E-state index in [4.69, 9.17) is 9.97 Å². The molecule has 2 saturated heterocycles. The van der Waals surface area contributed by atoms with Gasteiger partial charge in [-0.3, -0.25) is 14.7 Å². The average molecular weight is 431 g/mol. The molecule has 0 saturated carbocycles. The second kappa shape index (κ2) is 9.61. The maximum atomic E-state index is 12.8. The third kappa shape index (κ3) is 4.58. The van der Waals surface area contributed by atoms with Crippen LogP contribution >= 0.6 is 0 Å². The summed E-state index contributed by atoms with van der Waals surface area (Å²) in [5.74, 6) is 1.95. The number of para-hydroxylation sites is 1. The molecule has 4 heterocycles. The summed E-state index contributed by atoms with van der Waals surface area (Å²) in [7, 11) is 0. The van der Waals surface area contributed by atoms with E-state index >= 15 is 0 Å². The van der Waals surface area contributed by atoms with Crippen LogP contribution in [0.3, 0.4) is 0 Å². The van der Waals surface area contributed by atoms with Crippen molar-refractivity contribution in [3.63, 3.8) is 0 Å². The Morgan fingerprint density at radius 1 is 0.844 bits per heavy atom. The molecule has 2 aliphatic heterocycles. The molecule has 0 atom stereocenters. The molecule has 166 valence electrons. The van der Waals surface area contributed by atoms with Gasteiger partial charge in [-0.2, -0.15) is 0 Å². The van der Waals surface area contributed by atoms with E-state index < -0.39 is 0 Å². The molecule has 3 aromatic rings. The van der Waals surface area contributed by atoms with Crippen molar-refractivity contribution in [3.05, 3.63) is 48.8 Å². The fourth-order valence-corrected chi connectivity index (χ4v) is 4.65. The average Bonchev–Trinajstić information content (AvgIpc) is 3.14. The Balaban J connectivity index is 1.31. The van der Waals surface area contributed by atoms with Gasteiger partial charge in [0, 0.05) is 62.6 Å². The van der Waals surface area contributed by atoms with Crippen LogP contribution < -0.4 is 4.90 Å². The van der Waals surface area contributed by atoms with Gasteiger partial charge in [-0.1, -0.05) is 25.0 Å². The molecule has 0 spiro atoms. The summed E-state index contributed by atoms with van der Waals surface area (Å²) in [4.78, 5) is 33.4. The Hall–Kier alpha value is -3.06. The first-order valence-corrected chi connectivity index (χ1v) is 11.7. The molecule has 32 heavy (non-hydrogen) atoms. The fourth-order valence-electron chi connectivity index (χ4n) is 4.65. The number of benzene rings is 1. The van der Waals surface area contributed by atoms with Crippen LogP contribution in [0.4, 0.5) is 5.82 Å². The highest BCUT2D eigenvalue weighted by Gasteiger charge is 2.24. The molecular weight excluding hydrogens is 400 g/mol. The minimum Gasteiger partial charge on any atom is -0.353 e. The van der Waals surface area contributed by atoms with Gasteiger partial charge in [-0.05, 0) is 37.1 Å². The van der Waals surface area contributed by atoms with E-state index in [1.54, 1.807) is 12.4 Å². The molecule has 0 aliphatic carbocycles. The highest BCUT2D eigenvalue weighted by atomic mass is 16.2. The number of nitrogens with zero attached hydrogens (tertiary/aromatic N) is 6. The lowest BCUT2D eigenvalue weighted by Crippen LogP contribution is -2.50. The van der Waals surface area contributed by atoms with Crippen molar-refractivity contribution < 1.29 is 4.79 Å². The first kappa shape index (κ1) is 20.8. The number of hydrogen-bond acceptors (Lipinski definition) is 6. The summed E-state index contributed by atoms with van der Waals surface area (Å²) < 4.78 is 0. The maximum absolute atomic E-state index is 12.8. The Labute approximate surface area is 189 Å². The topological polar surface area (TPSA) is 65.5 Å². The highest BCUT2D eigenvalue weighted by molar-refractivity contribution is 5.91. The molecule has 7 nitrogen and oxygen atoms in total. The van der Waals surface area contributed by atoms with Gasteiger partial charge in [-0.25, -0.2) is 9.97 Å². The van der Waals surface area contributed by atoms with Crippen molar-refractivity contribution in [2.45, 2.75) is 25.7 Å². The second-order valence-corrected chi connectivity index (χ2v) is 8.69. The number of fused-ring (bicyclic) bond motifs is 1. The molecule has 2 aliphatic rings. The number of anilines is 1. The highest BCUT2D eigenvalue weighted by Crippen LogP contribution is 2.28. The first-order chi connectivity index (χ1) is 15.8.